The van der Waals surface area contributed by atoms with Crippen molar-refractivity contribution in [3.63, 3.8) is 0 Å². The fourth-order valence-corrected chi connectivity index (χ4v) is 3.06. The number of ether oxygens (including phenoxy) is 1. The summed E-state index contributed by atoms with van der Waals surface area (Å²) >= 11 is 1.42. The van der Waals surface area contributed by atoms with E-state index in [1.165, 1.54) is 18.4 Å². The molecule has 0 radical (unpaired) electrons. The highest BCUT2D eigenvalue weighted by molar-refractivity contribution is 7.11. The van der Waals surface area contributed by atoms with Gasteiger partial charge in [-0.05, 0) is 23.6 Å². The fourth-order valence-electron chi connectivity index (χ4n) is 2.29. The van der Waals surface area contributed by atoms with Gasteiger partial charge in [-0.3, -0.25) is 14.5 Å². The van der Waals surface area contributed by atoms with Gasteiger partial charge in [0, 0.05) is 11.9 Å². The summed E-state index contributed by atoms with van der Waals surface area (Å²) in [6.45, 7) is 0. The molecule has 5 nitrogen and oxygen atoms in total. The van der Waals surface area contributed by atoms with Gasteiger partial charge in [0.15, 0.2) is 0 Å². The Kier molecular flexibility index (Phi) is 3.68. The molecule has 2 aromatic rings. The number of thiophene rings is 1. The molecule has 0 unspecified atom stereocenters. The van der Waals surface area contributed by atoms with Crippen LogP contribution < -0.4 is 10.1 Å². The van der Waals surface area contributed by atoms with Crippen LogP contribution in [0.1, 0.15) is 4.88 Å². The number of nitrogens with one attached hydrogen (secondary N) is 1. The van der Waals surface area contributed by atoms with Crippen LogP contribution in [-0.4, -0.2) is 30.9 Å². The molecule has 0 aliphatic carbocycles. The van der Waals surface area contributed by atoms with Crippen LogP contribution in [0.2, 0.25) is 0 Å². The summed E-state index contributed by atoms with van der Waals surface area (Å²) in [7, 11) is 3.04. The summed E-state index contributed by atoms with van der Waals surface area (Å²) in [5.41, 5.74) is 1.32. The lowest BCUT2D eigenvalue weighted by atomic mass is 10.2. The van der Waals surface area contributed by atoms with E-state index >= 15 is 0 Å². The maximum atomic E-state index is 12.4. The normalized spacial score (nSPS) is 14.7. The third-order valence-corrected chi connectivity index (χ3v) is 4.31. The highest BCUT2D eigenvalue weighted by Gasteiger charge is 2.37. The Morgan fingerprint density at radius 1 is 1.09 bits per heavy atom. The van der Waals surface area contributed by atoms with Crippen molar-refractivity contribution < 1.29 is 14.3 Å². The summed E-state index contributed by atoms with van der Waals surface area (Å²) < 4.78 is 5.28. The van der Waals surface area contributed by atoms with Crippen LogP contribution in [0, 0.1) is 0 Å². The number of para-hydroxylation sites is 2. The number of carbonyl (C=O) groups is 2. The summed E-state index contributed by atoms with van der Waals surface area (Å²) in [6.07, 6.45) is 0. The molecule has 1 aliphatic heterocycles. The number of amides is 2. The van der Waals surface area contributed by atoms with Gasteiger partial charge in [0.25, 0.3) is 11.8 Å². The average Bonchev–Trinajstić information content (AvgIpc) is 3.12. The number of anilines is 1. The SMILES string of the molecule is COc1ccccc1NC1=C(c2cccs2)C(=O)N(C)C1=O. The minimum atomic E-state index is -0.348. The minimum absolute atomic E-state index is 0.277. The van der Waals surface area contributed by atoms with Crippen molar-refractivity contribution in [2.24, 2.45) is 0 Å². The third-order valence-electron chi connectivity index (χ3n) is 3.42. The number of benzene rings is 1. The molecule has 0 saturated heterocycles. The fraction of sp³-hybridized carbons (Fsp3) is 0.125. The van der Waals surface area contributed by atoms with Crippen molar-refractivity contribution in [2.75, 3.05) is 19.5 Å². The van der Waals surface area contributed by atoms with Gasteiger partial charge in [-0.1, -0.05) is 18.2 Å². The topological polar surface area (TPSA) is 58.6 Å². The molecule has 1 aromatic carbocycles. The van der Waals surface area contributed by atoms with Gasteiger partial charge in [0.1, 0.15) is 11.4 Å². The largest absolute Gasteiger partial charge is 0.495 e. The van der Waals surface area contributed by atoms with Gasteiger partial charge in [-0.25, -0.2) is 0 Å². The van der Waals surface area contributed by atoms with Crippen LogP contribution in [0.5, 0.6) is 5.75 Å². The quantitative estimate of drug-likeness (QED) is 0.881. The number of nitrogens with zero attached hydrogens (tertiary/aromatic N) is 1. The van der Waals surface area contributed by atoms with Crippen LogP contribution in [0.25, 0.3) is 5.57 Å². The first-order valence-electron chi connectivity index (χ1n) is 6.64. The Labute approximate surface area is 131 Å². The van der Waals surface area contributed by atoms with Crippen molar-refractivity contribution in [3.05, 3.63) is 52.4 Å². The third kappa shape index (κ3) is 2.27. The van der Waals surface area contributed by atoms with Gasteiger partial charge in [0.05, 0.1) is 18.4 Å². The zero-order chi connectivity index (χ0) is 15.7. The zero-order valence-corrected chi connectivity index (χ0v) is 12.9. The van der Waals surface area contributed by atoms with Crippen molar-refractivity contribution in [3.8, 4) is 5.75 Å². The molecular weight excluding hydrogens is 300 g/mol. The zero-order valence-electron chi connectivity index (χ0n) is 12.1. The van der Waals surface area contributed by atoms with Crippen LogP contribution in [0.3, 0.4) is 0 Å². The van der Waals surface area contributed by atoms with Crippen LogP contribution in [0.4, 0.5) is 5.69 Å². The predicted octanol–water partition coefficient (Wildman–Crippen LogP) is 2.58. The molecule has 0 bridgehead atoms. The predicted molar refractivity (Wildman–Crippen MR) is 85.6 cm³/mol. The van der Waals surface area contributed by atoms with Gasteiger partial charge in [-0.2, -0.15) is 0 Å². The number of rotatable bonds is 4. The van der Waals surface area contributed by atoms with Gasteiger partial charge < -0.3 is 10.1 Å². The number of carbonyl (C=O) groups excluding carboxylic acids is 2. The second kappa shape index (κ2) is 5.65. The Hall–Kier alpha value is -2.60. The summed E-state index contributed by atoms with van der Waals surface area (Å²) in [6, 6.07) is 10.9. The number of hydrogen-bond acceptors (Lipinski definition) is 5. The minimum Gasteiger partial charge on any atom is -0.495 e. The van der Waals surface area contributed by atoms with E-state index in [2.05, 4.69) is 5.32 Å². The lowest BCUT2D eigenvalue weighted by molar-refractivity contribution is -0.135. The van der Waals surface area contributed by atoms with E-state index in [1.54, 1.807) is 19.2 Å². The van der Waals surface area contributed by atoms with E-state index < -0.39 is 0 Å². The Morgan fingerprint density at radius 2 is 1.86 bits per heavy atom. The van der Waals surface area contributed by atoms with Gasteiger partial charge >= 0.3 is 0 Å². The highest BCUT2D eigenvalue weighted by Crippen LogP contribution is 2.34. The maximum absolute atomic E-state index is 12.4. The van der Waals surface area contributed by atoms with Crippen LogP contribution in [-0.2, 0) is 9.59 Å². The maximum Gasteiger partial charge on any atom is 0.277 e. The second-order valence-electron chi connectivity index (χ2n) is 4.72. The Balaban J connectivity index is 2.08. The number of hydrogen-bond donors (Lipinski definition) is 1. The summed E-state index contributed by atoms with van der Waals surface area (Å²) in [4.78, 5) is 26.6. The number of imide groups is 1. The Bertz CT molecular complexity index is 765. The number of likely N-dealkylation sites (N-methyl/N-ethyl adjacent to an activating group) is 1. The summed E-state index contributed by atoms with van der Waals surface area (Å²) in [5.74, 6) is -0.0421. The molecule has 0 spiro atoms. The van der Waals surface area contributed by atoms with E-state index in [4.69, 9.17) is 4.74 Å². The second-order valence-corrected chi connectivity index (χ2v) is 5.67. The molecule has 3 rings (SSSR count). The van der Waals surface area contributed by atoms with Crippen molar-refractivity contribution >= 4 is 34.4 Å². The van der Waals surface area contributed by atoms with Crippen molar-refractivity contribution in [1.82, 2.24) is 4.90 Å². The van der Waals surface area contributed by atoms with E-state index in [9.17, 15) is 9.59 Å². The van der Waals surface area contributed by atoms with Crippen LogP contribution in [0.15, 0.2) is 47.5 Å². The van der Waals surface area contributed by atoms with Gasteiger partial charge in [0.2, 0.25) is 0 Å². The highest BCUT2D eigenvalue weighted by atomic mass is 32.1. The lowest BCUT2D eigenvalue weighted by Crippen LogP contribution is -2.27. The first-order chi connectivity index (χ1) is 10.6. The lowest BCUT2D eigenvalue weighted by Gasteiger charge is -2.12. The molecule has 0 atom stereocenters. The number of methoxy groups -OCH3 is 1. The van der Waals surface area contributed by atoms with Gasteiger partial charge in [-0.15, -0.1) is 11.3 Å². The molecule has 6 heteroatoms. The monoisotopic (exact) mass is 314 g/mol. The molecule has 112 valence electrons. The van der Waals surface area contributed by atoms with Crippen LogP contribution >= 0.6 is 11.3 Å². The van der Waals surface area contributed by atoms with Crippen molar-refractivity contribution in [2.45, 2.75) is 0 Å². The summed E-state index contributed by atoms with van der Waals surface area (Å²) in [5, 5.41) is 4.93. The van der Waals surface area contributed by atoms with E-state index in [1.807, 2.05) is 29.6 Å². The molecule has 1 N–H and O–H groups in total. The first kappa shape index (κ1) is 14.3. The molecule has 0 saturated carbocycles. The average molecular weight is 314 g/mol. The first-order valence-corrected chi connectivity index (χ1v) is 7.52. The molecule has 1 aliphatic rings. The molecule has 1 aromatic heterocycles. The molecule has 2 amide bonds. The Morgan fingerprint density at radius 3 is 2.55 bits per heavy atom. The van der Waals surface area contributed by atoms with E-state index in [0.717, 1.165) is 9.78 Å². The van der Waals surface area contributed by atoms with Crippen molar-refractivity contribution in [1.29, 1.82) is 0 Å². The molecule has 0 fully saturated rings. The standard InChI is InChI=1S/C16H14N2O3S/c1-18-15(19)13(12-8-5-9-22-12)14(16(18)20)17-10-6-3-4-7-11(10)21-2/h3-9,17H,1-2H3. The molecular formula is C16H14N2O3S. The van der Waals surface area contributed by atoms with E-state index in [0.29, 0.717) is 17.0 Å². The molecule has 22 heavy (non-hydrogen) atoms. The smallest absolute Gasteiger partial charge is 0.277 e. The molecule has 2 heterocycles. The van der Waals surface area contributed by atoms with E-state index in [-0.39, 0.29) is 17.5 Å².